The molecule has 1 N–H and O–H groups in total. The summed E-state index contributed by atoms with van der Waals surface area (Å²) in [6.45, 7) is 0.552. The van der Waals surface area contributed by atoms with E-state index in [-0.39, 0.29) is 11.9 Å². The first-order chi connectivity index (χ1) is 6.24. The number of amides is 1. The molecule has 1 atom stereocenters. The molecular weight excluding hydrogens is 254 g/mol. The fraction of sp³-hybridized carbons (Fsp3) is 0.875. The minimum Gasteiger partial charge on any atom is -0.383 e. The van der Waals surface area contributed by atoms with Crippen molar-refractivity contribution < 1.29 is 9.53 Å². The highest BCUT2D eigenvalue weighted by Gasteiger charge is 2.09. The maximum Gasteiger partial charge on any atom is 0.221 e. The second-order valence-corrected chi connectivity index (χ2v) is 4.25. The lowest BCUT2D eigenvalue weighted by atomic mass is 10.3. The van der Waals surface area contributed by atoms with Crippen LogP contribution in [0.5, 0.6) is 0 Å². The Balaban J connectivity index is 3.60. The van der Waals surface area contributed by atoms with E-state index in [1.165, 1.54) is 0 Å². The van der Waals surface area contributed by atoms with Gasteiger partial charge in [-0.25, -0.2) is 0 Å². The minimum absolute atomic E-state index is 0.0827. The van der Waals surface area contributed by atoms with E-state index in [4.69, 9.17) is 4.74 Å². The average molecular weight is 270 g/mol. The van der Waals surface area contributed by atoms with Crippen LogP contribution >= 0.6 is 27.7 Å². The molecule has 0 rings (SSSR count). The lowest BCUT2D eigenvalue weighted by Crippen LogP contribution is -2.39. The van der Waals surface area contributed by atoms with Crippen molar-refractivity contribution in [1.82, 2.24) is 5.32 Å². The number of thioether (sulfide) groups is 1. The molecule has 0 aliphatic carbocycles. The van der Waals surface area contributed by atoms with Gasteiger partial charge in [0.25, 0.3) is 0 Å². The third kappa shape index (κ3) is 7.34. The molecule has 0 heterocycles. The van der Waals surface area contributed by atoms with E-state index < -0.39 is 0 Å². The van der Waals surface area contributed by atoms with Crippen LogP contribution in [-0.4, -0.2) is 43.0 Å². The quantitative estimate of drug-likeness (QED) is 0.708. The monoisotopic (exact) mass is 269 g/mol. The smallest absolute Gasteiger partial charge is 0.221 e. The van der Waals surface area contributed by atoms with Crippen LogP contribution in [0.15, 0.2) is 0 Å². The first-order valence-corrected chi connectivity index (χ1v) is 6.59. The molecule has 0 bridgehead atoms. The molecule has 13 heavy (non-hydrogen) atoms. The molecule has 78 valence electrons. The van der Waals surface area contributed by atoms with E-state index in [2.05, 4.69) is 21.2 Å². The Morgan fingerprint density at radius 3 is 2.85 bits per heavy atom. The number of alkyl halides is 1. The van der Waals surface area contributed by atoms with Gasteiger partial charge in [0.15, 0.2) is 0 Å². The van der Waals surface area contributed by atoms with Crippen molar-refractivity contribution in [2.75, 3.05) is 31.1 Å². The van der Waals surface area contributed by atoms with E-state index in [9.17, 15) is 4.79 Å². The van der Waals surface area contributed by atoms with Gasteiger partial charge in [-0.1, -0.05) is 15.9 Å². The van der Waals surface area contributed by atoms with Gasteiger partial charge in [-0.05, 0) is 6.26 Å². The zero-order chi connectivity index (χ0) is 10.1. The van der Waals surface area contributed by atoms with Gasteiger partial charge >= 0.3 is 0 Å². The molecule has 0 aliphatic heterocycles. The normalized spacial score (nSPS) is 12.5. The molecule has 0 aromatic heterocycles. The van der Waals surface area contributed by atoms with Crippen molar-refractivity contribution in [3.8, 4) is 0 Å². The molecule has 0 fully saturated rings. The molecule has 5 heteroatoms. The van der Waals surface area contributed by atoms with Gasteiger partial charge in [0.2, 0.25) is 5.91 Å². The second kappa shape index (κ2) is 8.84. The zero-order valence-corrected chi connectivity index (χ0v) is 10.4. The number of methoxy groups -OCH3 is 1. The Labute approximate surface area is 92.1 Å². The van der Waals surface area contributed by atoms with Gasteiger partial charge < -0.3 is 10.1 Å². The fourth-order valence-corrected chi connectivity index (χ4v) is 1.56. The summed E-state index contributed by atoms with van der Waals surface area (Å²) in [5.41, 5.74) is 0. The third-order valence-electron chi connectivity index (χ3n) is 1.45. The molecule has 3 nitrogen and oxygen atoms in total. The fourth-order valence-electron chi connectivity index (χ4n) is 0.821. The largest absolute Gasteiger partial charge is 0.383 e. The highest BCUT2D eigenvalue weighted by Crippen LogP contribution is 1.97. The number of carbonyl (C=O) groups excluding carboxylic acids is 1. The zero-order valence-electron chi connectivity index (χ0n) is 8.01. The van der Waals surface area contributed by atoms with E-state index in [0.29, 0.717) is 13.0 Å². The van der Waals surface area contributed by atoms with Crippen molar-refractivity contribution in [2.24, 2.45) is 0 Å². The Kier molecular flexibility index (Phi) is 9.02. The molecule has 0 aliphatic rings. The van der Waals surface area contributed by atoms with Gasteiger partial charge in [-0.3, -0.25) is 4.79 Å². The van der Waals surface area contributed by atoms with Gasteiger partial charge in [0.1, 0.15) is 0 Å². The molecule has 0 aromatic rings. The van der Waals surface area contributed by atoms with Crippen LogP contribution in [0, 0.1) is 0 Å². The molecule has 0 spiro atoms. The maximum absolute atomic E-state index is 11.2. The number of halogens is 1. The van der Waals surface area contributed by atoms with Gasteiger partial charge in [-0.2, -0.15) is 11.8 Å². The predicted molar refractivity (Wildman–Crippen MR) is 60.6 cm³/mol. The van der Waals surface area contributed by atoms with Crippen LogP contribution < -0.4 is 5.32 Å². The SMILES string of the molecule is COCC(CBr)NC(=O)CCSC. The van der Waals surface area contributed by atoms with Crippen LogP contribution in [0.1, 0.15) is 6.42 Å². The van der Waals surface area contributed by atoms with Crippen LogP contribution in [0.25, 0.3) is 0 Å². The van der Waals surface area contributed by atoms with E-state index in [1.54, 1.807) is 18.9 Å². The third-order valence-corrected chi connectivity index (χ3v) is 2.85. The maximum atomic E-state index is 11.2. The molecule has 0 saturated carbocycles. The van der Waals surface area contributed by atoms with E-state index >= 15 is 0 Å². The average Bonchev–Trinajstić information content (AvgIpc) is 2.14. The van der Waals surface area contributed by atoms with Crippen LogP contribution in [0.4, 0.5) is 0 Å². The highest BCUT2D eigenvalue weighted by molar-refractivity contribution is 9.09. The number of rotatable bonds is 7. The lowest BCUT2D eigenvalue weighted by Gasteiger charge is -2.14. The van der Waals surface area contributed by atoms with Crippen LogP contribution in [-0.2, 0) is 9.53 Å². The Hall–Kier alpha value is 0.260. The van der Waals surface area contributed by atoms with Gasteiger partial charge in [0, 0.05) is 24.6 Å². The highest BCUT2D eigenvalue weighted by atomic mass is 79.9. The van der Waals surface area contributed by atoms with Crippen molar-refractivity contribution in [3.63, 3.8) is 0 Å². The Morgan fingerprint density at radius 2 is 2.38 bits per heavy atom. The summed E-state index contributed by atoms with van der Waals surface area (Å²) in [4.78, 5) is 11.2. The standard InChI is InChI=1S/C8H16BrNO2S/c1-12-6-7(5-9)10-8(11)3-4-13-2/h7H,3-6H2,1-2H3,(H,10,11). The summed E-state index contributed by atoms with van der Waals surface area (Å²) in [7, 11) is 1.63. The Morgan fingerprint density at radius 1 is 1.69 bits per heavy atom. The molecule has 0 radical (unpaired) electrons. The summed E-state index contributed by atoms with van der Waals surface area (Å²) in [6, 6.07) is 0.0827. The second-order valence-electron chi connectivity index (χ2n) is 2.62. The topological polar surface area (TPSA) is 38.3 Å². The lowest BCUT2D eigenvalue weighted by molar-refractivity contribution is -0.121. The van der Waals surface area contributed by atoms with Gasteiger partial charge in [-0.15, -0.1) is 0 Å². The van der Waals surface area contributed by atoms with E-state index in [1.807, 2.05) is 6.26 Å². The molecule has 0 saturated heterocycles. The number of ether oxygens (including phenoxy) is 1. The molecule has 1 amide bonds. The summed E-state index contributed by atoms with van der Waals surface area (Å²) >= 11 is 4.99. The summed E-state index contributed by atoms with van der Waals surface area (Å²) in [5, 5.41) is 3.61. The molecule has 0 aromatic carbocycles. The summed E-state index contributed by atoms with van der Waals surface area (Å²) in [5.74, 6) is 0.962. The Bertz CT molecular complexity index is 146. The minimum atomic E-state index is 0.0827. The first kappa shape index (κ1) is 13.3. The van der Waals surface area contributed by atoms with Crippen molar-refractivity contribution in [2.45, 2.75) is 12.5 Å². The van der Waals surface area contributed by atoms with Crippen molar-refractivity contribution >= 4 is 33.6 Å². The summed E-state index contributed by atoms with van der Waals surface area (Å²) in [6.07, 6.45) is 2.57. The van der Waals surface area contributed by atoms with Crippen molar-refractivity contribution in [3.05, 3.63) is 0 Å². The van der Waals surface area contributed by atoms with Crippen LogP contribution in [0.3, 0.4) is 0 Å². The number of hydrogen-bond donors (Lipinski definition) is 1. The first-order valence-electron chi connectivity index (χ1n) is 4.07. The predicted octanol–water partition coefficient (Wildman–Crippen LogP) is 1.27. The van der Waals surface area contributed by atoms with Crippen LogP contribution in [0.2, 0.25) is 0 Å². The molecule has 1 unspecified atom stereocenters. The number of nitrogens with one attached hydrogen (secondary N) is 1. The molecular formula is C8H16BrNO2S. The number of carbonyl (C=O) groups is 1. The van der Waals surface area contributed by atoms with E-state index in [0.717, 1.165) is 11.1 Å². The van der Waals surface area contributed by atoms with Gasteiger partial charge in [0.05, 0.1) is 12.6 Å². The number of hydrogen-bond acceptors (Lipinski definition) is 3. The van der Waals surface area contributed by atoms with Crippen molar-refractivity contribution in [1.29, 1.82) is 0 Å². The summed E-state index contributed by atoms with van der Waals surface area (Å²) < 4.78 is 4.95.